The van der Waals surface area contributed by atoms with E-state index in [1.54, 1.807) is 0 Å². The maximum absolute atomic E-state index is 12.2. The van der Waals surface area contributed by atoms with Gasteiger partial charge in [-0.3, -0.25) is 4.79 Å². The van der Waals surface area contributed by atoms with Gasteiger partial charge < -0.3 is 4.90 Å². The molecular formula is C14H18ClNOS. The lowest BCUT2D eigenvalue weighted by Crippen LogP contribution is -2.42. The van der Waals surface area contributed by atoms with Gasteiger partial charge in [-0.2, -0.15) is 0 Å². The van der Waals surface area contributed by atoms with Crippen molar-refractivity contribution in [2.75, 3.05) is 12.3 Å². The number of nitrogens with zero attached hydrogens (tertiary/aromatic N) is 1. The van der Waals surface area contributed by atoms with Crippen LogP contribution in [0.25, 0.3) is 0 Å². The van der Waals surface area contributed by atoms with Crippen molar-refractivity contribution < 1.29 is 4.79 Å². The van der Waals surface area contributed by atoms with E-state index >= 15 is 0 Å². The second kappa shape index (κ2) is 6.48. The average molecular weight is 284 g/mol. The number of likely N-dealkylation sites (tertiary alicyclic amines) is 1. The zero-order chi connectivity index (χ0) is 13.0. The van der Waals surface area contributed by atoms with Gasteiger partial charge in [-0.25, -0.2) is 0 Å². The van der Waals surface area contributed by atoms with Crippen molar-refractivity contribution in [3.8, 4) is 0 Å². The van der Waals surface area contributed by atoms with E-state index in [1.165, 1.54) is 18.2 Å². The Balaban J connectivity index is 1.90. The number of rotatable bonds is 3. The van der Waals surface area contributed by atoms with Crippen LogP contribution >= 0.6 is 23.4 Å². The Labute approximate surface area is 118 Å². The third kappa shape index (κ3) is 3.42. The molecule has 1 unspecified atom stereocenters. The summed E-state index contributed by atoms with van der Waals surface area (Å²) in [5.41, 5.74) is 0. The van der Waals surface area contributed by atoms with Crippen LogP contribution < -0.4 is 0 Å². The summed E-state index contributed by atoms with van der Waals surface area (Å²) in [4.78, 5) is 15.1. The van der Waals surface area contributed by atoms with E-state index in [0.717, 1.165) is 29.3 Å². The highest BCUT2D eigenvalue weighted by Gasteiger charge is 2.22. The quantitative estimate of drug-likeness (QED) is 0.786. The zero-order valence-electron chi connectivity index (χ0n) is 10.6. The minimum Gasteiger partial charge on any atom is -0.339 e. The summed E-state index contributed by atoms with van der Waals surface area (Å²) < 4.78 is 0. The first-order valence-corrected chi connectivity index (χ1v) is 7.71. The van der Waals surface area contributed by atoms with Crippen molar-refractivity contribution in [1.82, 2.24) is 4.90 Å². The van der Waals surface area contributed by atoms with Crippen LogP contribution in [0.4, 0.5) is 0 Å². The third-order valence-corrected chi connectivity index (χ3v) is 4.81. The highest BCUT2D eigenvalue weighted by Crippen LogP contribution is 2.27. The smallest absolute Gasteiger partial charge is 0.233 e. The van der Waals surface area contributed by atoms with Gasteiger partial charge in [0, 0.05) is 17.5 Å². The van der Waals surface area contributed by atoms with E-state index in [9.17, 15) is 4.79 Å². The number of benzene rings is 1. The number of hydrogen-bond donors (Lipinski definition) is 0. The fourth-order valence-electron chi connectivity index (χ4n) is 2.25. The molecule has 1 fully saturated rings. The Kier molecular flexibility index (Phi) is 4.95. The summed E-state index contributed by atoms with van der Waals surface area (Å²) in [5, 5.41) is 0.724. The van der Waals surface area contributed by atoms with E-state index in [4.69, 9.17) is 11.6 Å². The van der Waals surface area contributed by atoms with Crippen LogP contribution in [-0.4, -0.2) is 29.1 Å². The first-order valence-electron chi connectivity index (χ1n) is 6.35. The lowest BCUT2D eigenvalue weighted by atomic mass is 10.0. The number of thioether (sulfide) groups is 1. The van der Waals surface area contributed by atoms with E-state index in [1.807, 2.05) is 29.2 Å². The molecule has 18 heavy (non-hydrogen) atoms. The van der Waals surface area contributed by atoms with Crippen molar-refractivity contribution in [2.45, 2.75) is 37.1 Å². The Hall–Kier alpha value is -0.670. The average Bonchev–Trinajstić information content (AvgIpc) is 2.38. The molecule has 0 aromatic heterocycles. The zero-order valence-corrected chi connectivity index (χ0v) is 12.1. The molecule has 2 nitrogen and oxygen atoms in total. The number of piperidine rings is 1. The molecule has 1 aliphatic rings. The summed E-state index contributed by atoms with van der Waals surface area (Å²) in [6.45, 7) is 3.04. The molecule has 1 aromatic rings. The molecule has 1 aliphatic heterocycles. The van der Waals surface area contributed by atoms with Crippen LogP contribution in [-0.2, 0) is 4.79 Å². The van der Waals surface area contributed by atoms with Gasteiger partial charge in [-0.1, -0.05) is 23.7 Å². The van der Waals surface area contributed by atoms with Crippen molar-refractivity contribution in [1.29, 1.82) is 0 Å². The van der Waals surface area contributed by atoms with E-state index in [0.29, 0.717) is 11.8 Å². The molecule has 0 bridgehead atoms. The highest BCUT2D eigenvalue weighted by atomic mass is 35.5. The molecule has 0 radical (unpaired) electrons. The van der Waals surface area contributed by atoms with Gasteiger partial charge in [0.2, 0.25) is 5.91 Å². The van der Waals surface area contributed by atoms with Crippen LogP contribution in [0.1, 0.15) is 26.2 Å². The molecular weight excluding hydrogens is 266 g/mol. The second-order valence-electron chi connectivity index (χ2n) is 4.65. The molecule has 4 heteroatoms. The predicted molar refractivity (Wildman–Crippen MR) is 77.2 cm³/mol. The summed E-state index contributed by atoms with van der Waals surface area (Å²) in [6.07, 6.45) is 3.50. The summed E-state index contributed by atoms with van der Waals surface area (Å²) >= 11 is 7.60. The van der Waals surface area contributed by atoms with Crippen molar-refractivity contribution in [2.24, 2.45) is 0 Å². The van der Waals surface area contributed by atoms with Gasteiger partial charge in [0.25, 0.3) is 0 Å². The largest absolute Gasteiger partial charge is 0.339 e. The molecule has 1 atom stereocenters. The van der Waals surface area contributed by atoms with Crippen LogP contribution in [0.15, 0.2) is 29.2 Å². The fourth-order valence-corrected chi connectivity index (χ4v) is 3.38. The van der Waals surface area contributed by atoms with Crippen molar-refractivity contribution in [3.63, 3.8) is 0 Å². The van der Waals surface area contributed by atoms with Crippen LogP contribution in [0, 0.1) is 0 Å². The fraction of sp³-hybridized carbons (Fsp3) is 0.500. The van der Waals surface area contributed by atoms with Gasteiger partial charge in [-0.05, 0) is 38.3 Å². The SMILES string of the molecule is CC1CCCCN1C(=O)CSc1ccccc1Cl. The molecule has 1 saturated heterocycles. The Bertz CT molecular complexity index is 424. The van der Waals surface area contributed by atoms with Gasteiger partial charge in [0.15, 0.2) is 0 Å². The molecule has 0 spiro atoms. The van der Waals surface area contributed by atoms with Crippen LogP contribution in [0.3, 0.4) is 0 Å². The molecule has 98 valence electrons. The normalized spacial score (nSPS) is 19.9. The van der Waals surface area contributed by atoms with Crippen LogP contribution in [0.2, 0.25) is 5.02 Å². The molecule has 0 aliphatic carbocycles. The van der Waals surface area contributed by atoms with Crippen molar-refractivity contribution in [3.05, 3.63) is 29.3 Å². The molecule has 0 saturated carbocycles. The number of carbonyl (C=O) groups excluding carboxylic acids is 1. The number of carbonyl (C=O) groups is 1. The maximum Gasteiger partial charge on any atom is 0.233 e. The maximum atomic E-state index is 12.2. The lowest BCUT2D eigenvalue weighted by Gasteiger charge is -2.33. The summed E-state index contributed by atoms with van der Waals surface area (Å²) in [5.74, 6) is 0.709. The molecule has 1 aromatic carbocycles. The Morgan fingerprint density at radius 1 is 1.44 bits per heavy atom. The number of amides is 1. The summed E-state index contributed by atoms with van der Waals surface area (Å²) in [7, 11) is 0. The minimum absolute atomic E-state index is 0.229. The van der Waals surface area contributed by atoms with E-state index < -0.39 is 0 Å². The number of halogens is 1. The molecule has 1 heterocycles. The second-order valence-corrected chi connectivity index (χ2v) is 6.08. The molecule has 1 amide bonds. The predicted octanol–water partition coefficient (Wildman–Crippen LogP) is 3.83. The minimum atomic E-state index is 0.229. The molecule has 2 rings (SSSR count). The third-order valence-electron chi connectivity index (χ3n) is 3.31. The topological polar surface area (TPSA) is 20.3 Å². The first-order chi connectivity index (χ1) is 8.68. The van der Waals surface area contributed by atoms with Gasteiger partial charge >= 0.3 is 0 Å². The van der Waals surface area contributed by atoms with Gasteiger partial charge in [0.1, 0.15) is 0 Å². The van der Waals surface area contributed by atoms with Crippen molar-refractivity contribution >= 4 is 29.3 Å². The lowest BCUT2D eigenvalue weighted by molar-refractivity contribution is -0.131. The standard InChI is InChI=1S/C14H18ClNOS/c1-11-6-4-5-9-16(11)14(17)10-18-13-8-3-2-7-12(13)15/h2-3,7-8,11H,4-6,9-10H2,1H3. The summed E-state index contributed by atoms with van der Waals surface area (Å²) in [6, 6.07) is 8.05. The number of hydrogen-bond acceptors (Lipinski definition) is 2. The monoisotopic (exact) mass is 283 g/mol. The van der Waals surface area contributed by atoms with E-state index in [-0.39, 0.29) is 5.91 Å². The first kappa shape index (κ1) is 13.8. The van der Waals surface area contributed by atoms with Gasteiger partial charge in [-0.15, -0.1) is 11.8 Å². The Morgan fingerprint density at radius 2 is 2.22 bits per heavy atom. The van der Waals surface area contributed by atoms with E-state index in [2.05, 4.69) is 6.92 Å². The Morgan fingerprint density at radius 3 is 2.94 bits per heavy atom. The van der Waals surface area contributed by atoms with Crippen LogP contribution in [0.5, 0.6) is 0 Å². The van der Waals surface area contributed by atoms with Gasteiger partial charge in [0.05, 0.1) is 10.8 Å². The molecule has 0 N–H and O–H groups in total. The highest BCUT2D eigenvalue weighted by molar-refractivity contribution is 8.00.